The van der Waals surface area contributed by atoms with Gasteiger partial charge < -0.3 is 0 Å². The molecule has 0 aromatic carbocycles. The van der Waals surface area contributed by atoms with Gasteiger partial charge in [0.1, 0.15) is 6.33 Å². The number of hydrogen-bond donors (Lipinski definition) is 0. The van der Waals surface area contributed by atoms with Crippen LogP contribution in [-0.2, 0) is 5.33 Å². The Balaban J connectivity index is 2.35. The van der Waals surface area contributed by atoms with Crippen molar-refractivity contribution in [3.8, 4) is 5.13 Å². The molecule has 0 N–H and O–H groups in total. The predicted octanol–water partition coefficient (Wildman–Crippen LogP) is 2.53. The number of imidazole rings is 1. The van der Waals surface area contributed by atoms with Gasteiger partial charge in [-0.25, -0.2) is 9.97 Å². The predicted molar refractivity (Wildman–Crippen MR) is 56.6 cm³/mol. The zero-order valence-electron chi connectivity index (χ0n) is 7.07. The van der Waals surface area contributed by atoms with Crippen LogP contribution in [-0.4, -0.2) is 14.5 Å². The van der Waals surface area contributed by atoms with Crippen molar-refractivity contribution in [2.24, 2.45) is 0 Å². The molecule has 3 nitrogen and oxygen atoms in total. The SMILES string of the molecule is Cc1csc(-n2cnc(CBr)c2)n1. The van der Waals surface area contributed by atoms with Gasteiger partial charge in [-0.15, -0.1) is 11.3 Å². The highest BCUT2D eigenvalue weighted by Crippen LogP contribution is 2.15. The Labute approximate surface area is 88.6 Å². The summed E-state index contributed by atoms with van der Waals surface area (Å²) in [4.78, 5) is 8.56. The Morgan fingerprint density at radius 2 is 2.46 bits per heavy atom. The molecule has 5 heteroatoms. The summed E-state index contributed by atoms with van der Waals surface area (Å²) in [6.07, 6.45) is 3.77. The molecule has 2 rings (SSSR count). The topological polar surface area (TPSA) is 30.7 Å². The van der Waals surface area contributed by atoms with Crippen molar-refractivity contribution in [3.05, 3.63) is 29.3 Å². The van der Waals surface area contributed by atoms with Gasteiger partial charge in [0.15, 0.2) is 5.13 Å². The van der Waals surface area contributed by atoms with Gasteiger partial charge in [-0.2, -0.15) is 0 Å². The normalized spacial score (nSPS) is 10.6. The molecular formula is C8H8BrN3S. The van der Waals surface area contributed by atoms with E-state index in [0.717, 1.165) is 21.8 Å². The Morgan fingerprint density at radius 1 is 1.62 bits per heavy atom. The lowest BCUT2D eigenvalue weighted by atomic mass is 10.6. The van der Waals surface area contributed by atoms with Crippen LogP contribution in [0.1, 0.15) is 11.4 Å². The second kappa shape index (κ2) is 3.59. The quantitative estimate of drug-likeness (QED) is 0.775. The number of halogens is 1. The molecule has 13 heavy (non-hydrogen) atoms. The van der Waals surface area contributed by atoms with E-state index in [-0.39, 0.29) is 0 Å². The zero-order valence-corrected chi connectivity index (χ0v) is 9.47. The molecule has 0 saturated heterocycles. The number of alkyl halides is 1. The molecule has 0 bridgehead atoms. The summed E-state index contributed by atoms with van der Waals surface area (Å²) in [5, 5.41) is 3.78. The molecule has 0 atom stereocenters. The summed E-state index contributed by atoms with van der Waals surface area (Å²) in [6.45, 7) is 1.99. The molecule has 0 spiro atoms. The highest BCUT2D eigenvalue weighted by molar-refractivity contribution is 9.08. The van der Waals surface area contributed by atoms with Crippen molar-refractivity contribution in [1.82, 2.24) is 14.5 Å². The molecular weight excluding hydrogens is 250 g/mol. The third-order valence-corrected chi connectivity index (χ3v) is 3.15. The van der Waals surface area contributed by atoms with Gasteiger partial charge in [-0.3, -0.25) is 4.57 Å². The van der Waals surface area contributed by atoms with Crippen LogP contribution < -0.4 is 0 Å². The molecule has 2 aromatic rings. The molecule has 0 amide bonds. The van der Waals surface area contributed by atoms with E-state index in [1.807, 2.05) is 23.1 Å². The van der Waals surface area contributed by atoms with E-state index in [2.05, 4.69) is 25.9 Å². The molecule has 0 aliphatic rings. The van der Waals surface area contributed by atoms with Gasteiger partial charge in [-0.1, -0.05) is 15.9 Å². The lowest BCUT2D eigenvalue weighted by Crippen LogP contribution is -1.88. The third-order valence-electron chi connectivity index (χ3n) is 1.60. The van der Waals surface area contributed by atoms with Gasteiger partial charge >= 0.3 is 0 Å². The lowest BCUT2D eigenvalue weighted by Gasteiger charge is -1.91. The molecule has 0 unspecified atom stereocenters. The zero-order chi connectivity index (χ0) is 9.26. The van der Waals surface area contributed by atoms with E-state index in [0.29, 0.717) is 0 Å². The van der Waals surface area contributed by atoms with Gasteiger partial charge in [0, 0.05) is 16.9 Å². The number of aryl methyl sites for hydroxylation is 1. The van der Waals surface area contributed by atoms with Crippen LogP contribution in [0.15, 0.2) is 17.9 Å². The second-order valence-corrected chi connectivity index (χ2v) is 4.07. The Kier molecular flexibility index (Phi) is 2.46. The Hall–Kier alpha value is -0.680. The first kappa shape index (κ1) is 8.90. The summed E-state index contributed by atoms with van der Waals surface area (Å²) in [5.41, 5.74) is 2.07. The Morgan fingerprint density at radius 3 is 3.00 bits per heavy atom. The van der Waals surface area contributed by atoms with Gasteiger partial charge in [0.05, 0.1) is 11.4 Å². The maximum Gasteiger partial charge on any atom is 0.195 e. The van der Waals surface area contributed by atoms with Gasteiger partial charge in [0.25, 0.3) is 0 Å². The first-order valence-electron chi connectivity index (χ1n) is 3.81. The molecule has 2 aromatic heterocycles. The van der Waals surface area contributed by atoms with Crippen LogP contribution in [0.25, 0.3) is 5.13 Å². The fourth-order valence-electron chi connectivity index (χ4n) is 0.997. The highest BCUT2D eigenvalue weighted by atomic mass is 79.9. The summed E-state index contributed by atoms with van der Waals surface area (Å²) >= 11 is 4.98. The van der Waals surface area contributed by atoms with Crippen molar-refractivity contribution in [3.63, 3.8) is 0 Å². The van der Waals surface area contributed by atoms with Crippen LogP contribution in [0, 0.1) is 6.92 Å². The maximum atomic E-state index is 4.35. The first-order chi connectivity index (χ1) is 6.29. The minimum atomic E-state index is 0.782. The largest absolute Gasteiger partial charge is 0.281 e. The molecule has 0 aliphatic heterocycles. The number of aromatic nitrogens is 3. The number of hydrogen-bond acceptors (Lipinski definition) is 3. The first-order valence-corrected chi connectivity index (χ1v) is 5.81. The van der Waals surface area contributed by atoms with E-state index >= 15 is 0 Å². The van der Waals surface area contributed by atoms with Crippen molar-refractivity contribution in [2.45, 2.75) is 12.3 Å². The number of rotatable bonds is 2. The lowest BCUT2D eigenvalue weighted by molar-refractivity contribution is 1.02. The van der Waals surface area contributed by atoms with Gasteiger partial charge in [0.2, 0.25) is 0 Å². The summed E-state index contributed by atoms with van der Waals surface area (Å²) in [5.74, 6) is 0. The fraction of sp³-hybridized carbons (Fsp3) is 0.250. The van der Waals surface area contributed by atoms with Crippen LogP contribution in [0.5, 0.6) is 0 Å². The van der Waals surface area contributed by atoms with E-state index in [1.54, 1.807) is 17.7 Å². The molecule has 0 saturated carbocycles. The highest BCUT2D eigenvalue weighted by Gasteiger charge is 2.02. The number of nitrogens with zero attached hydrogens (tertiary/aromatic N) is 3. The average Bonchev–Trinajstić information content (AvgIpc) is 2.71. The van der Waals surface area contributed by atoms with Crippen molar-refractivity contribution < 1.29 is 0 Å². The van der Waals surface area contributed by atoms with Crippen LogP contribution in [0.4, 0.5) is 0 Å². The maximum absolute atomic E-state index is 4.35. The summed E-state index contributed by atoms with van der Waals surface area (Å²) in [7, 11) is 0. The standard InChI is InChI=1S/C8H8BrN3S/c1-6-4-13-8(11-6)12-3-7(2-9)10-5-12/h3-5H,2H2,1H3. The summed E-state index contributed by atoms with van der Waals surface area (Å²) in [6, 6.07) is 0. The van der Waals surface area contributed by atoms with Crippen molar-refractivity contribution >= 4 is 27.3 Å². The Bertz CT molecular complexity index is 407. The average molecular weight is 258 g/mol. The van der Waals surface area contributed by atoms with E-state index in [9.17, 15) is 0 Å². The van der Waals surface area contributed by atoms with Gasteiger partial charge in [-0.05, 0) is 6.92 Å². The minimum absolute atomic E-state index is 0.782. The summed E-state index contributed by atoms with van der Waals surface area (Å²) < 4.78 is 1.94. The molecule has 0 radical (unpaired) electrons. The fourth-order valence-corrected chi connectivity index (χ4v) is 2.03. The van der Waals surface area contributed by atoms with E-state index in [1.165, 1.54) is 0 Å². The second-order valence-electron chi connectivity index (χ2n) is 2.68. The third kappa shape index (κ3) is 1.81. The van der Waals surface area contributed by atoms with Crippen molar-refractivity contribution in [1.29, 1.82) is 0 Å². The molecule has 0 aliphatic carbocycles. The minimum Gasteiger partial charge on any atom is -0.281 e. The van der Waals surface area contributed by atoms with Crippen LogP contribution in [0.2, 0.25) is 0 Å². The van der Waals surface area contributed by atoms with E-state index < -0.39 is 0 Å². The van der Waals surface area contributed by atoms with Crippen LogP contribution >= 0.6 is 27.3 Å². The monoisotopic (exact) mass is 257 g/mol. The number of thiazole rings is 1. The molecule has 0 fully saturated rings. The van der Waals surface area contributed by atoms with Crippen molar-refractivity contribution in [2.75, 3.05) is 0 Å². The van der Waals surface area contributed by atoms with Crippen LogP contribution in [0.3, 0.4) is 0 Å². The molecule has 68 valence electrons. The smallest absolute Gasteiger partial charge is 0.195 e. The van der Waals surface area contributed by atoms with E-state index in [4.69, 9.17) is 0 Å². The molecule has 2 heterocycles.